The van der Waals surface area contributed by atoms with Gasteiger partial charge in [0.25, 0.3) is 11.5 Å². The van der Waals surface area contributed by atoms with E-state index in [1.165, 1.54) is 20.1 Å². The highest BCUT2D eigenvalue weighted by atomic mass is 16.5. The van der Waals surface area contributed by atoms with Gasteiger partial charge in [-0.3, -0.25) is 9.59 Å². The molecule has 2 aromatic rings. The summed E-state index contributed by atoms with van der Waals surface area (Å²) in [6.45, 7) is 2.15. The molecule has 0 aliphatic heterocycles. The molecule has 122 valence electrons. The van der Waals surface area contributed by atoms with Crippen LogP contribution in [0.25, 0.3) is 10.8 Å². The van der Waals surface area contributed by atoms with Crippen LogP contribution in [0.4, 0.5) is 0 Å². The number of H-pyrrole nitrogens is 1. The zero-order chi connectivity index (χ0) is 16.8. The normalized spacial score (nSPS) is 11.9. The monoisotopic (exact) mass is 318 g/mol. The molecule has 7 heteroatoms. The summed E-state index contributed by atoms with van der Waals surface area (Å²) in [5, 5.41) is 3.67. The van der Waals surface area contributed by atoms with E-state index >= 15 is 0 Å². The van der Waals surface area contributed by atoms with E-state index in [0.717, 1.165) is 0 Å². The molecule has 1 heterocycles. The van der Waals surface area contributed by atoms with Gasteiger partial charge < -0.3 is 19.8 Å². The van der Waals surface area contributed by atoms with Crippen LogP contribution >= 0.6 is 0 Å². The molecule has 0 aliphatic rings. The number of nitrogens with one attached hydrogen (secondary N) is 2. The first-order valence-electron chi connectivity index (χ1n) is 7.12. The van der Waals surface area contributed by atoms with Crippen molar-refractivity contribution in [3.63, 3.8) is 0 Å². The summed E-state index contributed by atoms with van der Waals surface area (Å²) in [5.41, 5.74) is -0.377. The third-order valence-corrected chi connectivity index (χ3v) is 3.23. The topological polar surface area (TPSA) is 97.5 Å². The van der Waals surface area contributed by atoms with Gasteiger partial charge in [0, 0.05) is 19.0 Å². The predicted molar refractivity (Wildman–Crippen MR) is 84.3 cm³/mol. The number of aromatic nitrogens is 1. The molecule has 0 bridgehead atoms. The van der Waals surface area contributed by atoms with Gasteiger partial charge >= 0.3 is 5.97 Å². The second-order valence-corrected chi connectivity index (χ2v) is 4.93. The Morgan fingerprint density at radius 3 is 2.78 bits per heavy atom. The first-order valence-corrected chi connectivity index (χ1v) is 7.12. The van der Waals surface area contributed by atoms with Crippen LogP contribution in [-0.4, -0.2) is 43.2 Å². The lowest BCUT2D eigenvalue weighted by Crippen LogP contribution is -2.37. The highest BCUT2D eigenvalue weighted by Crippen LogP contribution is 2.11. The standard InChI is InChI=1S/C16H18N2O5/c1-10(14(19)17-7-8-22-2)23-16(21)13-9-11-5-3-4-6-12(11)15(20)18-13/h3-6,9-10H,7-8H2,1-2H3,(H,17,19)(H,18,20)/t10-/m0/s1. The fraction of sp³-hybridized carbons (Fsp3) is 0.312. The van der Waals surface area contributed by atoms with Gasteiger partial charge in [0.1, 0.15) is 5.69 Å². The van der Waals surface area contributed by atoms with Crippen LogP contribution in [0.1, 0.15) is 17.4 Å². The lowest BCUT2D eigenvalue weighted by molar-refractivity contribution is -0.129. The number of esters is 1. The average molecular weight is 318 g/mol. The molecule has 7 nitrogen and oxygen atoms in total. The molecular weight excluding hydrogens is 300 g/mol. The molecule has 0 radical (unpaired) electrons. The summed E-state index contributed by atoms with van der Waals surface area (Å²) in [6.07, 6.45) is -0.977. The van der Waals surface area contributed by atoms with E-state index in [2.05, 4.69) is 10.3 Å². The lowest BCUT2D eigenvalue weighted by atomic mass is 10.1. The van der Waals surface area contributed by atoms with E-state index in [1.54, 1.807) is 24.3 Å². The number of ether oxygens (including phenoxy) is 2. The zero-order valence-corrected chi connectivity index (χ0v) is 12.9. The summed E-state index contributed by atoms with van der Waals surface area (Å²) in [7, 11) is 1.52. The number of rotatable bonds is 6. The SMILES string of the molecule is COCCNC(=O)[C@H](C)OC(=O)c1cc2ccccc2c(=O)[nH]1. The van der Waals surface area contributed by atoms with Crippen LogP contribution in [0, 0.1) is 0 Å². The Hall–Kier alpha value is -2.67. The molecule has 0 saturated carbocycles. The fourth-order valence-electron chi connectivity index (χ4n) is 2.02. The number of carbonyl (C=O) groups is 2. The maximum absolute atomic E-state index is 12.1. The number of methoxy groups -OCH3 is 1. The Labute approximate surface area is 132 Å². The van der Waals surface area contributed by atoms with Gasteiger partial charge in [-0.25, -0.2) is 4.79 Å². The number of hydrogen-bond acceptors (Lipinski definition) is 5. The van der Waals surface area contributed by atoms with Gasteiger partial charge in [-0.1, -0.05) is 18.2 Å². The van der Waals surface area contributed by atoms with Crippen LogP contribution in [0.2, 0.25) is 0 Å². The first kappa shape index (κ1) is 16.7. The largest absolute Gasteiger partial charge is 0.448 e. The predicted octanol–water partition coefficient (Wildman–Crippen LogP) is 0.836. The molecule has 1 amide bonds. The van der Waals surface area contributed by atoms with Gasteiger partial charge in [0.15, 0.2) is 6.10 Å². The Morgan fingerprint density at radius 1 is 1.30 bits per heavy atom. The van der Waals surface area contributed by atoms with Crippen molar-refractivity contribution in [2.75, 3.05) is 20.3 Å². The van der Waals surface area contributed by atoms with E-state index in [0.29, 0.717) is 23.9 Å². The zero-order valence-electron chi connectivity index (χ0n) is 12.9. The second-order valence-electron chi connectivity index (χ2n) is 4.93. The summed E-state index contributed by atoms with van der Waals surface area (Å²) >= 11 is 0. The van der Waals surface area contributed by atoms with Crippen LogP contribution in [-0.2, 0) is 14.3 Å². The maximum atomic E-state index is 12.1. The molecule has 2 rings (SSSR count). The molecule has 23 heavy (non-hydrogen) atoms. The number of hydrogen-bond donors (Lipinski definition) is 2. The fourth-order valence-corrected chi connectivity index (χ4v) is 2.02. The molecule has 1 atom stereocenters. The Bertz CT molecular complexity index is 768. The highest BCUT2D eigenvalue weighted by molar-refractivity contribution is 5.94. The second kappa shape index (κ2) is 7.55. The molecule has 2 N–H and O–H groups in total. The summed E-state index contributed by atoms with van der Waals surface area (Å²) in [4.78, 5) is 38.2. The van der Waals surface area contributed by atoms with Crippen molar-refractivity contribution >= 4 is 22.6 Å². The maximum Gasteiger partial charge on any atom is 0.355 e. The van der Waals surface area contributed by atoms with Crippen molar-refractivity contribution in [1.82, 2.24) is 10.3 Å². The van der Waals surface area contributed by atoms with Gasteiger partial charge in [0.2, 0.25) is 0 Å². The molecule has 0 spiro atoms. The molecule has 0 aliphatic carbocycles. The number of carbonyl (C=O) groups excluding carboxylic acids is 2. The Balaban J connectivity index is 2.08. The van der Waals surface area contributed by atoms with Crippen molar-refractivity contribution in [1.29, 1.82) is 0 Å². The van der Waals surface area contributed by atoms with E-state index in [-0.39, 0.29) is 11.3 Å². The number of fused-ring (bicyclic) bond motifs is 1. The van der Waals surface area contributed by atoms with Gasteiger partial charge in [-0.05, 0) is 24.4 Å². The minimum absolute atomic E-state index is 0.00485. The highest BCUT2D eigenvalue weighted by Gasteiger charge is 2.19. The molecule has 0 saturated heterocycles. The Kier molecular flexibility index (Phi) is 5.48. The summed E-state index contributed by atoms with van der Waals surface area (Å²) < 4.78 is 9.89. The van der Waals surface area contributed by atoms with E-state index in [9.17, 15) is 14.4 Å². The van der Waals surface area contributed by atoms with Crippen molar-refractivity contribution < 1.29 is 19.1 Å². The molecule has 0 unspecified atom stereocenters. The summed E-state index contributed by atoms with van der Waals surface area (Å²) in [6, 6.07) is 8.41. The summed E-state index contributed by atoms with van der Waals surface area (Å²) in [5.74, 6) is -1.19. The minimum atomic E-state index is -0.977. The van der Waals surface area contributed by atoms with Crippen LogP contribution in [0.5, 0.6) is 0 Å². The minimum Gasteiger partial charge on any atom is -0.448 e. The van der Waals surface area contributed by atoms with Gasteiger partial charge in [-0.15, -0.1) is 0 Å². The number of pyridine rings is 1. The number of benzene rings is 1. The Morgan fingerprint density at radius 2 is 2.04 bits per heavy atom. The van der Waals surface area contributed by atoms with E-state index in [4.69, 9.17) is 9.47 Å². The molecule has 1 aromatic heterocycles. The first-order chi connectivity index (χ1) is 11.0. The van der Waals surface area contributed by atoms with Crippen LogP contribution in [0.3, 0.4) is 0 Å². The van der Waals surface area contributed by atoms with Crippen molar-refractivity contribution in [3.05, 3.63) is 46.4 Å². The third kappa shape index (κ3) is 4.17. The third-order valence-electron chi connectivity index (χ3n) is 3.23. The average Bonchev–Trinajstić information content (AvgIpc) is 2.54. The van der Waals surface area contributed by atoms with Crippen LogP contribution in [0.15, 0.2) is 35.1 Å². The quantitative estimate of drug-likeness (QED) is 0.607. The molecular formula is C16H18N2O5. The lowest BCUT2D eigenvalue weighted by Gasteiger charge is -2.13. The smallest absolute Gasteiger partial charge is 0.355 e. The van der Waals surface area contributed by atoms with Gasteiger partial charge in [-0.2, -0.15) is 0 Å². The van der Waals surface area contributed by atoms with Crippen molar-refractivity contribution in [3.8, 4) is 0 Å². The molecule has 1 aromatic carbocycles. The van der Waals surface area contributed by atoms with E-state index in [1.807, 2.05) is 0 Å². The number of amides is 1. The van der Waals surface area contributed by atoms with Crippen LogP contribution < -0.4 is 10.9 Å². The van der Waals surface area contributed by atoms with Gasteiger partial charge in [0.05, 0.1) is 6.61 Å². The van der Waals surface area contributed by atoms with E-state index < -0.39 is 18.0 Å². The van der Waals surface area contributed by atoms with Crippen molar-refractivity contribution in [2.45, 2.75) is 13.0 Å². The number of aromatic amines is 1. The van der Waals surface area contributed by atoms with Crippen molar-refractivity contribution in [2.24, 2.45) is 0 Å². The molecule has 0 fully saturated rings.